The monoisotopic (exact) mass is 392 g/mol. The molecule has 23 heavy (non-hydrogen) atoms. The van der Waals surface area contributed by atoms with Gasteiger partial charge in [0.15, 0.2) is 0 Å². The van der Waals surface area contributed by atoms with Crippen molar-refractivity contribution in [2.45, 2.75) is 25.9 Å². The molecule has 0 aliphatic carbocycles. The summed E-state index contributed by atoms with van der Waals surface area (Å²) in [6.45, 7) is 2.99. The van der Waals surface area contributed by atoms with E-state index in [0.717, 1.165) is 33.7 Å². The lowest BCUT2D eigenvalue weighted by molar-refractivity contribution is -0.131. The Labute approximate surface area is 149 Å². The molecule has 1 aliphatic heterocycles. The summed E-state index contributed by atoms with van der Waals surface area (Å²) in [5.41, 5.74) is 3.41. The van der Waals surface area contributed by atoms with Crippen molar-refractivity contribution < 1.29 is 4.79 Å². The van der Waals surface area contributed by atoms with E-state index in [-0.39, 0.29) is 11.9 Å². The lowest BCUT2D eigenvalue weighted by Crippen LogP contribution is -2.42. The highest BCUT2D eigenvalue weighted by atomic mass is 79.9. The Bertz CT molecular complexity index is 717. The van der Waals surface area contributed by atoms with Crippen LogP contribution in [-0.4, -0.2) is 23.4 Å². The van der Waals surface area contributed by atoms with Gasteiger partial charge in [-0.15, -0.1) is 0 Å². The Kier molecular flexibility index (Phi) is 4.93. The van der Waals surface area contributed by atoms with Gasteiger partial charge in [0, 0.05) is 35.2 Å². The molecule has 0 saturated carbocycles. The molecule has 3 rings (SSSR count). The first-order valence-electron chi connectivity index (χ1n) is 7.57. The van der Waals surface area contributed by atoms with E-state index in [1.807, 2.05) is 35.2 Å². The molecule has 1 amide bonds. The smallest absolute Gasteiger partial charge is 0.220 e. The van der Waals surface area contributed by atoms with Gasteiger partial charge >= 0.3 is 0 Å². The third kappa shape index (κ3) is 3.88. The maximum absolute atomic E-state index is 12.2. The summed E-state index contributed by atoms with van der Waals surface area (Å²) in [5.74, 6) is 0.0959. The van der Waals surface area contributed by atoms with E-state index in [1.54, 1.807) is 6.92 Å². The highest BCUT2D eigenvalue weighted by Crippen LogP contribution is 2.27. The van der Waals surface area contributed by atoms with Gasteiger partial charge < -0.3 is 10.2 Å². The Balaban J connectivity index is 1.85. The molecule has 1 N–H and O–H groups in total. The van der Waals surface area contributed by atoms with Crippen LogP contribution in [0, 0.1) is 0 Å². The first-order valence-corrected chi connectivity index (χ1v) is 8.74. The van der Waals surface area contributed by atoms with E-state index in [1.165, 1.54) is 5.56 Å². The molecule has 1 atom stereocenters. The van der Waals surface area contributed by atoms with Gasteiger partial charge in [-0.25, -0.2) is 0 Å². The minimum Gasteiger partial charge on any atom is -0.383 e. The van der Waals surface area contributed by atoms with Gasteiger partial charge in [-0.3, -0.25) is 4.79 Å². The normalized spacial score (nSPS) is 17.2. The second-order valence-electron chi connectivity index (χ2n) is 5.81. The number of anilines is 1. The Morgan fingerprint density at radius 2 is 2.04 bits per heavy atom. The number of rotatable bonds is 2. The van der Waals surface area contributed by atoms with Gasteiger partial charge in [0.1, 0.15) is 0 Å². The van der Waals surface area contributed by atoms with E-state index in [2.05, 4.69) is 33.4 Å². The summed E-state index contributed by atoms with van der Waals surface area (Å²) >= 11 is 9.46. The zero-order valence-corrected chi connectivity index (χ0v) is 15.2. The molecule has 0 spiro atoms. The first kappa shape index (κ1) is 16.3. The van der Waals surface area contributed by atoms with Crippen LogP contribution >= 0.6 is 27.5 Å². The lowest BCUT2D eigenvalue weighted by Gasteiger charge is -2.29. The topological polar surface area (TPSA) is 32.3 Å². The van der Waals surface area contributed by atoms with Crippen molar-refractivity contribution in [2.75, 3.05) is 11.9 Å². The predicted molar refractivity (Wildman–Crippen MR) is 97.8 cm³/mol. The maximum Gasteiger partial charge on any atom is 0.220 e. The zero-order valence-electron chi connectivity index (χ0n) is 12.9. The number of fused-ring (bicyclic) bond motifs is 1. The molecule has 120 valence electrons. The van der Waals surface area contributed by atoms with Crippen molar-refractivity contribution in [2.24, 2.45) is 0 Å². The molecule has 0 saturated heterocycles. The van der Waals surface area contributed by atoms with Gasteiger partial charge in [0.25, 0.3) is 0 Å². The van der Waals surface area contributed by atoms with Crippen LogP contribution in [0.15, 0.2) is 46.9 Å². The zero-order chi connectivity index (χ0) is 16.4. The van der Waals surface area contributed by atoms with Crippen LogP contribution in [-0.2, 0) is 17.8 Å². The summed E-state index contributed by atoms with van der Waals surface area (Å²) in [4.78, 5) is 14.1. The molecule has 2 aromatic carbocycles. The number of amides is 1. The Morgan fingerprint density at radius 1 is 1.30 bits per heavy atom. The largest absolute Gasteiger partial charge is 0.383 e. The summed E-state index contributed by atoms with van der Waals surface area (Å²) in [6, 6.07) is 14.1. The van der Waals surface area contributed by atoms with Crippen molar-refractivity contribution >= 4 is 39.1 Å². The predicted octanol–water partition coefficient (Wildman–Crippen LogP) is 4.49. The van der Waals surface area contributed by atoms with E-state index < -0.39 is 0 Å². The van der Waals surface area contributed by atoms with Crippen molar-refractivity contribution in [3.05, 3.63) is 63.1 Å². The number of halogens is 2. The molecular formula is C18H18BrClN2O. The second kappa shape index (κ2) is 6.93. The molecule has 0 fully saturated rings. The van der Waals surface area contributed by atoms with E-state index in [0.29, 0.717) is 6.54 Å². The fourth-order valence-electron chi connectivity index (χ4n) is 2.96. The van der Waals surface area contributed by atoms with Crippen molar-refractivity contribution in [3.63, 3.8) is 0 Å². The SMILES string of the molecule is CC(=O)N1Cc2cc(Br)ccc2NCC1Cc1ccc(Cl)cc1. The number of benzene rings is 2. The maximum atomic E-state index is 12.2. The molecule has 1 unspecified atom stereocenters. The van der Waals surface area contributed by atoms with Gasteiger partial charge in [0.2, 0.25) is 5.91 Å². The molecule has 5 heteroatoms. The summed E-state index contributed by atoms with van der Waals surface area (Å²) in [7, 11) is 0. The van der Waals surface area contributed by atoms with Crippen LogP contribution in [0.1, 0.15) is 18.1 Å². The number of hydrogen-bond donors (Lipinski definition) is 1. The average Bonchev–Trinajstić information content (AvgIpc) is 2.69. The van der Waals surface area contributed by atoms with Crippen molar-refractivity contribution in [1.82, 2.24) is 4.90 Å². The number of carbonyl (C=O) groups excluding carboxylic acids is 1. The molecular weight excluding hydrogens is 376 g/mol. The third-order valence-corrected chi connectivity index (χ3v) is 4.91. The fraction of sp³-hybridized carbons (Fsp3) is 0.278. The van der Waals surface area contributed by atoms with Crippen LogP contribution in [0.4, 0.5) is 5.69 Å². The number of nitrogens with one attached hydrogen (secondary N) is 1. The van der Waals surface area contributed by atoms with Crippen LogP contribution in [0.5, 0.6) is 0 Å². The number of nitrogens with zero attached hydrogens (tertiary/aromatic N) is 1. The minimum absolute atomic E-state index is 0.0959. The van der Waals surface area contributed by atoms with Crippen LogP contribution < -0.4 is 5.32 Å². The van der Waals surface area contributed by atoms with Crippen LogP contribution in [0.25, 0.3) is 0 Å². The molecule has 0 radical (unpaired) electrons. The molecule has 0 bridgehead atoms. The van der Waals surface area contributed by atoms with Crippen molar-refractivity contribution in [1.29, 1.82) is 0 Å². The Hall–Kier alpha value is -1.52. The van der Waals surface area contributed by atoms with Gasteiger partial charge in [-0.2, -0.15) is 0 Å². The molecule has 2 aromatic rings. The molecule has 1 aliphatic rings. The van der Waals surface area contributed by atoms with Crippen LogP contribution in [0.2, 0.25) is 5.02 Å². The quantitative estimate of drug-likeness (QED) is 0.815. The summed E-state index contributed by atoms with van der Waals surface area (Å²) in [5, 5.41) is 4.21. The van der Waals surface area contributed by atoms with E-state index in [4.69, 9.17) is 11.6 Å². The second-order valence-corrected chi connectivity index (χ2v) is 7.17. The van der Waals surface area contributed by atoms with Crippen LogP contribution in [0.3, 0.4) is 0 Å². The number of hydrogen-bond acceptors (Lipinski definition) is 2. The molecule has 0 aromatic heterocycles. The van der Waals surface area contributed by atoms with Crippen molar-refractivity contribution in [3.8, 4) is 0 Å². The first-order chi connectivity index (χ1) is 11.0. The minimum atomic E-state index is 0.0959. The Morgan fingerprint density at radius 3 is 2.74 bits per heavy atom. The van der Waals surface area contributed by atoms with Gasteiger partial charge in [-0.1, -0.05) is 39.7 Å². The highest BCUT2D eigenvalue weighted by Gasteiger charge is 2.25. The average molecular weight is 394 g/mol. The third-order valence-electron chi connectivity index (χ3n) is 4.17. The molecule has 1 heterocycles. The van der Waals surface area contributed by atoms with Gasteiger partial charge in [-0.05, 0) is 47.9 Å². The number of carbonyl (C=O) groups is 1. The summed E-state index contributed by atoms with van der Waals surface area (Å²) < 4.78 is 1.03. The lowest BCUT2D eigenvalue weighted by atomic mass is 10.0. The van der Waals surface area contributed by atoms with Gasteiger partial charge in [0.05, 0.1) is 6.04 Å². The van der Waals surface area contributed by atoms with E-state index in [9.17, 15) is 4.79 Å². The fourth-order valence-corrected chi connectivity index (χ4v) is 3.49. The standard InChI is InChI=1S/C18H18BrClN2O/c1-12(23)22-11-14-9-15(19)4-7-18(14)21-10-17(22)8-13-2-5-16(20)6-3-13/h2-7,9,17,21H,8,10-11H2,1H3. The van der Waals surface area contributed by atoms with E-state index >= 15 is 0 Å². The summed E-state index contributed by atoms with van der Waals surface area (Å²) in [6.07, 6.45) is 0.804. The molecule has 3 nitrogen and oxygen atoms in total. The highest BCUT2D eigenvalue weighted by molar-refractivity contribution is 9.10.